The second kappa shape index (κ2) is 11.2. The van der Waals surface area contributed by atoms with Crippen molar-refractivity contribution in [1.82, 2.24) is 5.32 Å². The molecule has 0 radical (unpaired) electrons. The highest BCUT2D eigenvalue weighted by Gasteiger charge is 2.45. The molecule has 2 heterocycles. The highest BCUT2D eigenvalue weighted by atomic mass is 16.8. The number of rotatable bonds is 12. The summed E-state index contributed by atoms with van der Waals surface area (Å²) in [5, 5.41) is 3.15. The van der Waals surface area contributed by atoms with E-state index in [1.807, 2.05) is 27.7 Å². The highest BCUT2D eigenvalue weighted by Crippen LogP contribution is 2.33. The van der Waals surface area contributed by atoms with Gasteiger partial charge in [0, 0.05) is 6.42 Å². The first kappa shape index (κ1) is 25.5. The van der Waals surface area contributed by atoms with Gasteiger partial charge in [0.25, 0.3) is 0 Å². The van der Waals surface area contributed by atoms with Crippen LogP contribution in [-0.2, 0) is 28.5 Å². The van der Waals surface area contributed by atoms with Gasteiger partial charge < -0.3 is 29.0 Å². The summed E-state index contributed by atoms with van der Waals surface area (Å²) >= 11 is 0. The van der Waals surface area contributed by atoms with E-state index in [4.69, 9.17) is 23.7 Å². The summed E-state index contributed by atoms with van der Waals surface area (Å²) in [6.45, 7) is 14.7. The first-order valence-electron chi connectivity index (χ1n) is 11.7. The van der Waals surface area contributed by atoms with Crippen LogP contribution in [0.3, 0.4) is 0 Å². The quantitative estimate of drug-likeness (QED) is 0.507. The van der Waals surface area contributed by atoms with Crippen LogP contribution in [0.1, 0.15) is 87.0 Å². The molecule has 2 aliphatic heterocycles. The molecule has 0 aromatic carbocycles. The number of carbonyl (C=O) groups is 1. The Morgan fingerprint density at radius 2 is 1.57 bits per heavy atom. The Hall–Kier alpha value is -0.730. The van der Waals surface area contributed by atoms with Gasteiger partial charge in [-0.15, -0.1) is 0 Å². The second-order valence-corrected chi connectivity index (χ2v) is 9.36. The zero-order chi connectivity index (χ0) is 22.4. The first-order valence-corrected chi connectivity index (χ1v) is 11.7. The summed E-state index contributed by atoms with van der Waals surface area (Å²) in [6, 6.07) is -0.275. The van der Waals surface area contributed by atoms with Crippen molar-refractivity contribution in [2.45, 2.75) is 129 Å². The molecule has 30 heavy (non-hydrogen) atoms. The van der Waals surface area contributed by atoms with Gasteiger partial charge in [-0.1, -0.05) is 33.6 Å². The Balaban J connectivity index is 2.01. The lowest BCUT2D eigenvalue weighted by Crippen LogP contribution is -2.50. The van der Waals surface area contributed by atoms with E-state index in [1.165, 1.54) is 0 Å². The molecular formula is C23H43NO6. The Kier molecular flexibility index (Phi) is 9.56. The number of carbonyl (C=O) groups excluding carboxylic acids is 1. The van der Waals surface area contributed by atoms with Crippen LogP contribution in [0.15, 0.2) is 0 Å². The van der Waals surface area contributed by atoms with E-state index in [-0.39, 0.29) is 36.4 Å². The minimum absolute atomic E-state index is 0.00966. The number of nitrogens with one attached hydrogen (secondary N) is 1. The Bertz CT molecular complexity index is 538. The van der Waals surface area contributed by atoms with E-state index in [9.17, 15) is 4.79 Å². The fourth-order valence-electron chi connectivity index (χ4n) is 4.25. The molecule has 2 aliphatic rings. The van der Waals surface area contributed by atoms with Crippen molar-refractivity contribution in [1.29, 1.82) is 0 Å². The summed E-state index contributed by atoms with van der Waals surface area (Å²) in [5.74, 6) is -1.24. The van der Waals surface area contributed by atoms with Crippen molar-refractivity contribution in [3.8, 4) is 0 Å². The molecule has 1 unspecified atom stereocenters. The van der Waals surface area contributed by atoms with Crippen molar-refractivity contribution < 1.29 is 28.5 Å². The molecule has 5 atom stereocenters. The molecule has 2 saturated heterocycles. The summed E-state index contributed by atoms with van der Waals surface area (Å²) in [4.78, 5) is 12.5. The standard InChI is InChI=1S/C23H43NO6/c1-8-11-13-20(25)24-16(21-18(12-9-2)28-23(6,7)30-21)14-26-15-19-17(10-3)27-22(4,5)29-19/h16-19,21H,8-15H2,1-7H3,(H,24,25)/t16-,17-,18+,19?,21-/m0/s1. The average Bonchev–Trinajstić information content (AvgIpc) is 3.13. The van der Waals surface area contributed by atoms with Crippen LogP contribution in [0.4, 0.5) is 0 Å². The van der Waals surface area contributed by atoms with Crippen LogP contribution in [0.5, 0.6) is 0 Å². The number of unbranched alkanes of at least 4 members (excludes halogenated alkanes) is 1. The lowest BCUT2D eigenvalue weighted by Gasteiger charge is -2.28. The van der Waals surface area contributed by atoms with E-state index in [0.717, 1.165) is 32.1 Å². The van der Waals surface area contributed by atoms with E-state index < -0.39 is 11.6 Å². The number of amides is 1. The van der Waals surface area contributed by atoms with Crippen LogP contribution in [0.2, 0.25) is 0 Å². The number of hydrogen-bond acceptors (Lipinski definition) is 6. The van der Waals surface area contributed by atoms with Crippen molar-refractivity contribution in [3.05, 3.63) is 0 Å². The smallest absolute Gasteiger partial charge is 0.220 e. The lowest BCUT2D eigenvalue weighted by atomic mass is 10.0. The largest absolute Gasteiger partial charge is 0.376 e. The molecule has 1 amide bonds. The van der Waals surface area contributed by atoms with Crippen LogP contribution in [0.25, 0.3) is 0 Å². The van der Waals surface area contributed by atoms with Gasteiger partial charge in [0.15, 0.2) is 11.6 Å². The molecule has 0 aromatic rings. The monoisotopic (exact) mass is 429 g/mol. The summed E-state index contributed by atoms with van der Waals surface area (Å²) in [6.07, 6.45) is 4.65. The minimum Gasteiger partial charge on any atom is -0.376 e. The predicted octanol–water partition coefficient (Wildman–Crippen LogP) is 3.93. The normalized spacial score (nSPS) is 31.0. The van der Waals surface area contributed by atoms with Crippen LogP contribution >= 0.6 is 0 Å². The van der Waals surface area contributed by atoms with E-state index in [2.05, 4.69) is 26.1 Å². The fourth-order valence-corrected chi connectivity index (χ4v) is 4.25. The molecule has 1 N–H and O–H groups in total. The molecule has 7 heteroatoms. The third-order valence-electron chi connectivity index (χ3n) is 5.56. The summed E-state index contributed by atoms with van der Waals surface area (Å²) in [5.41, 5.74) is 0. The maximum Gasteiger partial charge on any atom is 0.220 e. The molecule has 0 aliphatic carbocycles. The molecule has 2 rings (SSSR count). The van der Waals surface area contributed by atoms with E-state index in [1.54, 1.807) is 0 Å². The van der Waals surface area contributed by atoms with Crippen molar-refractivity contribution in [3.63, 3.8) is 0 Å². The SMILES string of the molecule is CCCCC(=O)N[C@@H](COCC1OC(C)(C)O[C@H]1CC)[C@@H]1OC(C)(C)O[C@@H]1CCC. The molecule has 0 aromatic heterocycles. The zero-order valence-corrected chi connectivity index (χ0v) is 20.0. The van der Waals surface area contributed by atoms with Gasteiger partial charge in [0.2, 0.25) is 5.91 Å². The van der Waals surface area contributed by atoms with Gasteiger partial charge in [0.1, 0.15) is 12.2 Å². The number of hydrogen-bond donors (Lipinski definition) is 1. The van der Waals surface area contributed by atoms with E-state index in [0.29, 0.717) is 19.6 Å². The molecular weight excluding hydrogens is 386 g/mol. The van der Waals surface area contributed by atoms with Crippen LogP contribution in [-0.4, -0.2) is 61.2 Å². The Morgan fingerprint density at radius 3 is 2.20 bits per heavy atom. The highest BCUT2D eigenvalue weighted by molar-refractivity contribution is 5.76. The van der Waals surface area contributed by atoms with Crippen molar-refractivity contribution in [2.24, 2.45) is 0 Å². The van der Waals surface area contributed by atoms with Crippen LogP contribution < -0.4 is 5.32 Å². The average molecular weight is 430 g/mol. The molecule has 0 bridgehead atoms. The number of ether oxygens (including phenoxy) is 5. The van der Waals surface area contributed by atoms with Gasteiger partial charge in [-0.2, -0.15) is 0 Å². The summed E-state index contributed by atoms with van der Waals surface area (Å²) in [7, 11) is 0. The van der Waals surface area contributed by atoms with Gasteiger partial charge in [-0.3, -0.25) is 4.79 Å². The summed E-state index contributed by atoms with van der Waals surface area (Å²) < 4.78 is 30.3. The third kappa shape index (κ3) is 7.45. The predicted molar refractivity (Wildman–Crippen MR) is 115 cm³/mol. The Morgan fingerprint density at radius 1 is 0.933 bits per heavy atom. The minimum atomic E-state index is -0.670. The fraction of sp³-hybridized carbons (Fsp3) is 0.957. The maximum atomic E-state index is 12.5. The van der Waals surface area contributed by atoms with Crippen molar-refractivity contribution in [2.75, 3.05) is 13.2 Å². The first-order chi connectivity index (χ1) is 14.1. The van der Waals surface area contributed by atoms with Crippen LogP contribution in [0, 0.1) is 0 Å². The third-order valence-corrected chi connectivity index (χ3v) is 5.56. The molecule has 0 spiro atoms. The van der Waals surface area contributed by atoms with Gasteiger partial charge in [-0.05, 0) is 47.0 Å². The molecule has 7 nitrogen and oxygen atoms in total. The van der Waals surface area contributed by atoms with Gasteiger partial charge in [0.05, 0.1) is 31.5 Å². The van der Waals surface area contributed by atoms with Crippen molar-refractivity contribution >= 4 is 5.91 Å². The topological polar surface area (TPSA) is 75.3 Å². The maximum absolute atomic E-state index is 12.5. The Labute approximate surface area is 182 Å². The van der Waals surface area contributed by atoms with Gasteiger partial charge >= 0.3 is 0 Å². The van der Waals surface area contributed by atoms with Gasteiger partial charge in [-0.25, -0.2) is 0 Å². The lowest BCUT2D eigenvalue weighted by molar-refractivity contribution is -0.156. The molecule has 176 valence electrons. The zero-order valence-electron chi connectivity index (χ0n) is 20.0. The van der Waals surface area contributed by atoms with E-state index >= 15 is 0 Å². The second-order valence-electron chi connectivity index (χ2n) is 9.36. The molecule has 0 saturated carbocycles. The molecule has 2 fully saturated rings.